The highest BCUT2D eigenvalue weighted by atomic mass is 16.4. The Balaban J connectivity index is 2.13. The highest BCUT2D eigenvalue weighted by Crippen LogP contribution is 2.70. The zero-order valence-corrected chi connectivity index (χ0v) is 14.3. The Kier molecular flexibility index (Phi) is 2.49. The van der Waals surface area contributed by atoms with Crippen LogP contribution in [0, 0.1) is 19.3 Å². The van der Waals surface area contributed by atoms with Gasteiger partial charge in [0.05, 0.1) is 22.4 Å². The highest BCUT2D eigenvalue weighted by Gasteiger charge is 2.73. The van der Waals surface area contributed by atoms with Crippen LogP contribution in [-0.2, 0) is 15.6 Å². The van der Waals surface area contributed by atoms with Gasteiger partial charge in [0.15, 0.2) is 0 Å². The van der Waals surface area contributed by atoms with Crippen molar-refractivity contribution in [3.63, 3.8) is 0 Å². The zero-order chi connectivity index (χ0) is 16.8. The van der Waals surface area contributed by atoms with Crippen molar-refractivity contribution in [2.75, 3.05) is 0 Å². The van der Waals surface area contributed by atoms with Crippen molar-refractivity contribution >= 4 is 17.0 Å². The number of benzene rings is 1. The maximum atomic E-state index is 12.3. The molecule has 1 aromatic heterocycles. The van der Waals surface area contributed by atoms with E-state index >= 15 is 0 Å². The molecule has 2 atom stereocenters. The quantitative estimate of drug-likeness (QED) is 0.873. The molecule has 2 bridgehead atoms. The first-order valence-corrected chi connectivity index (χ1v) is 8.18. The predicted molar refractivity (Wildman–Crippen MR) is 88.7 cm³/mol. The third-order valence-electron chi connectivity index (χ3n) is 7.02. The van der Waals surface area contributed by atoms with Gasteiger partial charge in [0, 0.05) is 5.41 Å². The van der Waals surface area contributed by atoms with Crippen LogP contribution in [0.1, 0.15) is 56.1 Å². The number of carbonyl (C=O) groups is 1. The summed E-state index contributed by atoms with van der Waals surface area (Å²) < 4.78 is 0. The fourth-order valence-electron chi connectivity index (χ4n) is 4.83. The van der Waals surface area contributed by atoms with Gasteiger partial charge in [-0.2, -0.15) is 0 Å². The minimum atomic E-state index is -0.920. The first-order valence-electron chi connectivity index (χ1n) is 8.18. The summed E-state index contributed by atoms with van der Waals surface area (Å²) >= 11 is 0. The Morgan fingerprint density at radius 1 is 1.00 bits per heavy atom. The largest absolute Gasteiger partial charge is 0.481 e. The first-order chi connectivity index (χ1) is 10.6. The standard InChI is InChI=1S/C19H22N2O2/c1-10-8-12-13(9-11(10)2)21-15-14(20-12)18(5)6-7-19(15,16(22)23)17(18,3)4/h8-9H,6-7H2,1-5H3,(H,22,23)/t18?,19-/m1/s1. The van der Waals surface area contributed by atoms with E-state index in [4.69, 9.17) is 9.97 Å². The van der Waals surface area contributed by atoms with Crippen LogP contribution in [0.3, 0.4) is 0 Å². The van der Waals surface area contributed by atoms with Gasteiger partial charge in [-0.1, -0.05) is 20.8 Å². The van der Waals surface area contributed by atoms with Gasteiger partial charge in [0.1, 0.15) is 5.41 Å². The van der Waals surface area contributed by atoms with Gasteiger partial charge >= 0.3 is 5.97 Å². The molecule has 4 rings (SSSR count). The van der Waals surface area contributed by atoms with E-state index in [1.807, 2.05) is 13.0 Å². The van der Waals surface area contributed by atoms with Crippen LogP contribution < -0.4 is 0 Å². The third-order valence-corrected chi connectivity index (χ3v) is 7.02. The number of carboxylic acid groups (broad SMARTS) is 1. The van der Waals surface area contributed by atoms with E-state index in [0.29, 0.717) is 12.1 Å². The molecule has 1 fully saturated rings. The molecule has 0 saturated heterocycles. The summed E-state index contributed by atoms with van der Waals surface area (Å²) in [6.07, 6.45) is 1.49. The number of hydrogen-bond acceptors (Lipinski definition) is 3. The average molecular weight is 310 g/mol. The van der Waals surface area contributed by atoms with Gasteiger partial charge < -0.3 is 5.11 Å². The van der Waals surface area contributed by atoms with Gasteiger partial charge in [-0.05, 0) is 55.4 Å². The number of aromatic nitrogens is 2. The lowest BCUT2D eigenvalue weighted by molar-refractivity contribution is -0.148. The van der Waals surface area contributed by atoms with Crippen molar-refractivity contribution in [1.29, 1.82) is 0 Å². The van der Waals surface area contributed by atoms with Crippen LogP contribution in [0.5, 0.6) is 0 Å². The van der Waals surface area contributed by atoms with Gasteiger partial charge in [-0.3, -0.25) is 4.79 Å². The molecule has 4 nitrogen and oxygen atoms in total. The molecule has 1 aromatic carbocycles. The number of aliphatic carboxylic acids is 1. The van der Waals surface area contributed by atoms with Crippen LogP contribution in [0.25, 0.3) is 11.0 Å². The Labute approximate surface area is 136 Å². The molecule has 0 radical (unpaired) electrons. The van der Waals surface area contributed by atoms with E-state index in [1.54, 1.807) is 0 Å². The summed E-state index contributed by atoms with van der Waals surface area (Å²) in [5.74, 6) is -0.762. The maximum absolute atomic E-state index is 12.3. The molecule has 1 N–H and O–H groups in total. The summed E-state index contributed by atoms with van der Waals surface area (Å²) in [7, 11) is 0. The van der Waals surface area contributed by atoms with Gasteiger partial charge in [-0.15, -0.1) is 0 Å². The number of rotatable bonds is 1. The number of nitrogens with zero attached hydrogens (tertiary/aromatic N) is 2. The fourth-order valence-corrected chi connectivity index (χ4v) is 4.83. The second-order valence-corrected chi connectivity index (χ2v) is 8.01. The van der Waals surface area contributed by atoms with E-state index in [1.165, 1.54) is 5.56 Å². The molecule has 120 valence electrons. The molecular weight excluding hydrogens is 288 g/mol. The third kappa shape index (κ3) is 1.37. The molecule has 0 amide bonds. The van der Waals surface area contributed by atoms with E-state index in [0.717, 1.165) is 28.7 Å². The maximum Gasteiger partial charge on any atom is 0.316 e. The smallest absolute Gasteiger partial charge is 0.316 e. The first kappa shape index (κ1) is 14.6. The monoisotopic (exact) mass is 310 g/mol. The Hall–Kier alpha value is -1.97. The van der Waals surface area contributed by atoms with E-state index in [-0.39, 0.29) is 5.41 Å². The van der Waals surface area contributed by atoms with Crippen molar-refractivity contribution in [3.05, 3.63) is 34.6 Å². The van der Waals surface area contributed by atoms with Crippen molar-refractivity contribution in [2.45, 2.75) is 58.3 Å². The van der Waals surface area contributed by atoms with Crippen LogP contribution in [0.15, 0.2) is 12.1 Å². The van der Waals surface area contributed by atoms with Gasteiger partial charge in [0.2, 0.25) is 0 Å². The van der Waals surface area contributed by atoms with Crippen LogP contribution in [-0.4, -0.2) is 21.0 Å². The lowest BCUT2D eigenvalue weighted by Crippen LogP contribution is -2.45. The fraction of sp³-hybridized carbons (Fsp3) is 0.526. The van der Waals surface area contributed by atoms with Gasteiger partial charge in [0.25, 0.3) is 0 Å². The minimum Gasteiger partial charge on any atom is -0.481 e. The molecule has 2 aliphatic carbocycles. The second kappa shape index (κ2) is 3.92. The number of aryl methyl sites for hydroxylation is 2. The van der Waals surface area contributed by atoms with Crippen LogP contribution in [0.4, 0.5) is 0 Å². The average Bonchev–Trinajstić information content (AvgIpc) is 2.75. The SMILES string of the molecule is Cc1cc2nc3c(nc2cc1C)[C@@]1(C(=O)O)CCC3(C)C1(C)C. The molecule has 2 aromatic rings. The van der Waals surface area contributed by atoms with Crippen LogP contribution >= 0.6 is 0 Å². The molecule has 1 heterocycles. The number of fused-ring (bicyclic) bond motifs is 6. The molecule has 4 heteroatoms. The molecule has 1 unspecified atom stereocenters. The van der Waals surface area contributed by atoms with Crippen molar-refractivity contribution < 1.29 is 9.90 Å². The Morgan fingerprint density at radius 3 is 2.04 bits per heavy atom. The second-order valence-electron chi connectivity index (χ2n) is 8.01. The molecule has 1 saturated carbocycles. The summed E-state index contributed by atoms with van der Waals surface area (Å²) in [6.45, 7) is 10.4. The lowest BCUT2D eigenvalue weighted by Gasteiger charge is -2.37. The van der Waals surface area contributed by atoms with Crippen molar-refractivity contribution in [3.8, 4) is 0 Å². The van der Waals surface area contributed by atoms with Crippen molar-refractivity contribution in [1.82, 2.24) is 9.97 Å². The number of carboxylic acids is 1. The lowest BCUT2D eigenvalue weighted by atomic mass is 9.64. The summed E-state index contributed by atoms with van der Waals surface area (Å²) in [5, 5.41) is 10.1. The topological polar surface area (TPSA) is 63.1 Å². The number of hydrogen-bond donors (Lipinski definition) is 1. The highest BCUT2D eigenvalue weighted by molar-refractivity contribution is 5.88. The molecule has 23 heavy (non-hydrogen) atoms. The minimum absolute atomic E-state index is 0.235. The molecule has 0 spiro atoms. The van der Waals surface area contributed by atoms with E-state index in [2.05, 4.69) is 33.8 Å². The van der Waals surface area contributed by atoms with E-state index < -0.39 is 16.8 Å². The predicted octanol–water partition coefficient (Wildman–Crippen LogP) is 3.66. The normalized spacial score (nSPS) is 30.7. The summed E-state index contributed by atoms with van der Waals surface area (Å²) in [5.41, 5.74) is 4.06. The van der Waals surface area contributed by atoms with Crippen molar-refractivity contribution in [2.24, 2.45) is 5.41 Å². The summed E-state index contributed by atoms with van der Waals surface area (Å²) in [6, 6.07) is 4.09. The molecule has 0 aliphatic heterocycles. The summed E-state index contributed by atoms with van der Waals surface area (Å²) in [4.78, 5) is 22.0. The van der Waals surface area contributed by atoms with Gasteiger partial charge in [-0.25, -0.2) is 9.97 Å². The Bertz CT molecular complexity index is 887. The van der Waals surface area contributed by atoms with E-state index in [9.17, 15) is 9.90 Å². The van der Waals surface area contributed by atoms with Crippen LogP contribution in [0.2, 0.25) is 0 Å². The zero-order valence-electron chi connectivity index (χ0n) is 14.3. The molecular formula is C19H22N2O2. The Morgan fingerprint density at radius 2 is 1.52 bits per heavy atom. The molecule has 2 aliphatic rings.